The summed E-state index contributed by atoms with van der Waals surface area (Å²) in [5.41, 5.74) is 12.1. The van der Waals surface area contributed by atoms with Crippen LogP contribution in [0.2, 0.25) is 0 Å². The molecule has 0 amide bonds. The smallest absolute Gasteiger partial charge is 0.149 e. The number of hydrogen-bond donors (Lipinski definition) is 2. The van der Waals surface area contributed by atoms with Crippen molar-refractivity contribution >= 4 is 17.3 Å². The molecule has 0 aromatic carbocycles. The van der Waals surface area contributed by atoms with Gasteiger partial charge < -0.3 is 16.4 Å². The van der Waals surface area contributed by atoms with Crippen LogP contribution in [0.25, 0.3) is 0 Å². The molecule has 0 bridgehead atoms. The fraction of sp³-hybridized carbons (Fsp3) is 0.615. The average molecular weight is 232 g/mol. The number of aromatic nitrogens is 1. The van der Waals surface area contributed by atoms with E-state index in [1.807, 2.05) is 12.1 Å². The van der Waals surface area contributed by atoms with Crippen molar-refractivity contribution < 1.29 is 0 Å². The monoisotopic (exact) mass is 232 g/mol. The molecule has 0 unspecified atom stereocenters. The number of nitrogens with two attached hydrogens (primary N) is 2. The van der Waals surface area contributed by atoms with Gasteiger partial charge in [0, 0.05) is 13.1 Å². The van der Waals surface area contributed by atoms with Crippen molar-refractivity contribution in [2.24, 2.45) is 11.8 Å². The molecule has 92 valence electrons. The molecule has 2 fully saturated rings. The van der Waals surface area contributed by atoms with Gasteiger partial charge in [0.25, 0.3) is 0 Å². The Morgan fingerprint density at radius 1 is 1.06 bits per heavy atom. The van der Waals surface area contributed by atoms with Crippen molar-refractivity contribution in [2.75, 3.05) is 29.5 Å². The summed E-state index contributed by atoms with van der Waals surface area (Å²) in [6.45, 7) is 2.26. The Bertz CT molecular complexity index is 396. The molecule has 3 rings (SSSR count). The maximum atomic E-state index is 5.79. The van der Waals surface area contributed by atoms with Crippen LogP contribution in [-0.2, 0) is 0 Å². The first-order valence-electron chi connectivity index (χ1n) is 6.49. The number of nitrogen functional groups attached to an aromatic ring is 2. The Morgan fingerprint density at radius 3 is 2.12 bits per heavy atom. The summed E-state index contributed by atoms with van der Waals surface area (Å²) < 4.78 is 0. The summed E-state index contributed by atoms with van der Waals surface area (Å²) in [6.07, 6.45) is 5.47. The molecule has 0 aliphatic heterocycles. The van der Waals surface area contributed by atoms with Crippen molar-refractivity contribution in [1.29, 1.82) is 0 Å². The number of rotatable bonds is 5. The highest BCUT2D eigenvalue weighted by atomic mass is 15.2. The summed E-state index contributed by atoms with van der Waals surface area (Å²) in [6, 6.07) is 3.86. The summed E-state index contributed by atoms with van der Waals surface area (Å²) in [5.74, 6) is 3.19. The minimum Gasteiger partial charge on any atom is -0.396 e. The van der Waals surface area contributed by atoms with Crippen LogP contribution < -0.4 is 16.4 Å². The number of pyridine rings is 1. The van der Waals surface area contributed by atoms with E-state index in [2.05, 4.69) is 9.88 Å². The SMILES string of the molecule is Nc1ccc(N(CC2CC2)CC2CC2)nc1N. The van der Waals surface area contributed by atoms with Gasteiger partial charge in [0.15, 0.2) is 0 Å². The zero-order valence-electron chi connectivity index (χ0n) is 10.1. The van der Waals surface area contributed by atoms with E-state index in [1.54, 1.807) is 0 Å². The molecule has 4 nitrogen and oxygen atoms in total. The second kappa shape index (κ2) is 4.09. The highest BCUT2D eigenvalue weighted by Gasteiger charge is 2.29. The minimum atomic E-state index is 0.457. The lowest BCUT2D eigenvalue weighted by Crippen LogP contribution is -2.29. The van der Waals surface area contributed by atoms with Crippen molar-refractivity contribution in [3.63, 3.8) is 0 Å². The molecule has 2 aliphatic rings. The maximum Gasteiger partial charge on any atom is 0.149 e. The van der Waals surface area contributed by atoms with Gasteiger partial charge in [-0.25, -0.2) is 4.98 Å². The van der Waals surface area contributed by atoms with Crippen LogP contribution in [-0.4, -0.2) is 18.1 Å². The zero-order valence-corrected chi connectivity index (χ0v) is 10.1. The van der Waals surface area contributed by atoms with Gasteiger partial charge in [-0.2, -0.15) is 0 Å². The first kappa shape index (κ1) is 10.7. The van der Waals surface area contributed by atoms with Gasteiger partial charge in [0.05, 0.1) is 5.69 Å². The molecular formula is C13H20N4. The fourth-order valence-electron chi connectivity index (χ4n) is 2.14. The Balaban J connectivity index is 1.76. The van der Waals surface area contributed by atoms with Crippen molar-refractivity contribution in [1.82, 2.24) is 4.98 Å². The van der Waals surface area contributed by atoms with E-state index in [0.717, 1.165) is 30.7 Å². The van der Waals surface area contributed by atoms with Gasteiger partial charge in [-0.3, -0.25) is 0 Å². The molecule has 17 heavy (non-hydrogen) atoms. The lowest BCUT2D eigenvalue weighted by Gasteiger charge is -2.24. The molecule has 0 radical (unpaired) electrons. The molecule has 4 N–H and O–H groups in total. The van der Waals surface area contributed by atoms with Crippen LogP contribution in [0, 0.1) is 11.8 Å². The molecule has 1 aromatic rings. The number of anilines is 3. The third kappa shape index (κ3) is 2.62. The minimum absolute atomic E-state index is 0.457. The largest absolute Gasteiger partial charge is 0.396 e. The molecule has 1 aromatic heterocycles. The van der Waals surface area contributed by atoms with E-state index >= 15 is 0 Å². The predicted molar refractivity (Wildman–Crippen MR) is 70.7 cm³/mol. The molecule has 4 heteroatoms. The first-order chi connectivity index (χ1) is 8.22. The van der Waals surface area contributed by atoms with Crippen molar-refractivity contribution in [3.8, 4) is 0 Å². The highest BCUT2D eigenvalue weighted by Crippen LogP contribution is 2.35. The second-order valence-electron chi connectivity index (χ2n) is 5.44. The summed E-state index contributed by atoms with van der Waals surface area (Å²) >= 11 is 0. The third-order valence-corrected chi connectivity index (χ3v) is 3.62. The quantitative estimate of drug-likeness (QED) is 0.813. The normalized spacial score (nSPS) is 19.3. The van der Waals surface area contributed by atoms with Gasteiger partial charge in [-0.05, 0) is 49.7 Å². The highest BCUT2D eigenvalue weighted by molar-refractivity contribution is 5.62. The van der Waals surface area contributed by atoms with Crippen molar-refractivity contribution in [3.05, 3.63) is 12.1 Å². The molecule has 0 spiro atoms. The number of nitrogens with zero attached hydrogens (tertiary/aromatic N) is 2. The first-order valence-corrected chi connectivity index (χ1v) is 6.49. The Morgan fingerprint density at radius 2 is 1.65 bits per heavy atom. The van der Waals surface area contributed by atoms with E-state index in [-0.39, 0.29) is 0 Å². The average Bonchev–Trinajstić information content (AvgIpc) is 3.15. The molecule has 0 atom stereocenters. The van der Waals surface area contributed by atoms with Crippen LogP contribution in [0.5, 0.6) is 0 Å². The molecule has 2 saturated carbocycles. The van der Waals surface area contributed by atoms with Crippen LogP contribution >= 0.6 is 0 Å². The third-order valence-electron chi connectivity index (χ3n) is 3.62. The lowest BCUT2D eigenvalue weighted by molar-refractivity contribution is 0.672. The van der Waals surface area contributed by atoms with E-state index in [0.29, 0.717) is 11.5 Å². The Labute approximate surface area is 102 Å². The summed E-state index contributed by atoms with van der Waals surface area (Å²) in [5, 5.41) is 0. The zero-order chi connectivity index (χ0) is 11.8. The summed E-state index contributed by atoms with van der Waals surface area (Å²) in [7, 11) is 0. The van der Waals surface area contributed by atoms with Gasteiger partial charge in [0.2, 0.25) is 0 Å². The fourth-order valence-corrected chi connectivity index (χ4v) is 2.14. The van der Waals surface area contributed by atoms with Gasteiger partial charge in [0.1, 0.15) is 11.6 Å². The van der Waals surface area contributed by atoms with Gasteiger partial charge in [-0.15, -0.1) is 0 Å². The van der Waals surface area contributed by atoms with Crippen molar-refractivity contribution in [2.45, 2.75) is 25.7 Å². The molecule has 1 heterocycles. The van der Waals surface area contributed by atoms with Crippen LogP contribution in [0.15, 0.2) is 12.1 Å². The summed E-state index contributed by atoms with van der Waals surface area (Å²) in [4.78, 5) is 6.81. The lowest BCUT2D eigenvalue weighted by atomic mass is 10.3. The van der Waals surface area contributed by atoms with Gasteiger partial charge in [-0.1, -0.05) is 0 Å². The van der Waals surface area contributed by atoms with Crippen LogP contribution in [0.4, 0.5) is 17.3 Å². The van der Waals surface area contributed by atoms with E-state index in [4.69, 9.17) is 11.5 Å². The van der Waals surface area contributed by atoms with Gasteiger partial charge >= 0.3 is 0 Å². The predicted octanol–water partition coefficient (Wildman–Crippen LogP) is 1.87. The molecular weight excluding hydrogens is 212 g/mol. The Hall–Kier alpha value is -1.45. The number of hydrogen-bond acceptors (Lipinski definition) is 4. The standard InChI is InChI=1S/C13H20N4/c14-11-5-6-12(16-13(11)15)17(7-9-1-2-9)8-10-3-4-10/h5-6,9-10H,1-4,7-8,14H2,(H2,15,16). The molecule has 2 aliphatic carbocycles. The molecule has 0 saturated heterocycles. The van der Waals surface area contributed by atoms with E-state index < -0.39 is 0 Å². The second-order valence-corrected chi connectivity index (χ2v) is 5.44. The van der Waals surface area contributed by atoms with E-state index in [1.165, 1.54) is 25.7 Å². The topological polar surface area (TPSA) is 68.2 Å². The van der Waals surface area contributed by atoms with E-state index in [9.17, 15) is 0 Å². The maximum absolute atomic E-state index is 5.79. The van der Waals surface area contributed by atoms with Crippen LogP contribution in [0.1, 0.15) is 25.7 Å². The van der Waals surface area contributed by atoms with Crippen LogP contribution in [0.3, 0.4) is 0 Å². The Kier molecular flexibility index (Phi) is 2.57.